The van der Waals surface area contributed by atoms with Gasteiger partial charge in [-0.3, -0.25) is 19.0 Å². The van der Waals surface area contributed by atoms with Crippen LogP contribution in [-0.4, -0.2) is 29.4 Å². The Hall–Kier alpha value is -2.81. The standard InChI is InChI=1S/C22H26F2N2O4S/c1-5-10-25-18(28)13-26-19(12-17(27)22(2,3)4)31-16(20(26)29)11-14-8-6-7-9-15(14)30-21(23)24/h6-9,11-12,21H,5,10,13H2,1-4H3,(H,25,28)/b16-11+,19-12+. The molecule has 2 rings (SSSR count). The lowest BCUT2D eigenvalue weighted by Crippen LogP contribution is -2.38. The number of rotatable bonds is 8. The van der Waals surface area contributed by atoms with E-state index in [1.807, 2.05) is 6.92 Å². The fraction of sp³-hybridized carbons (Fsp3) is 0.409. The molecule has 1 aromatic heterocycles. The molecule has 1 heterocycles. The number of hydrogen-bond donors (Lipinski definition) is 1. The molecule has 0 aliphatic carbocycles. The molecular weight excluding hydrogens is 426 g/mol. The molecule has 0 aliphatic rings. The number of hydrogen-bond acceptors (Lipinski definition) is 5. The second-order valence-electron chi connectivity index (χ2n) is 7.87. The van der Waals surface area contributed by atoms with Gasteiger partial charge >= 0.3 is 6.61 Å². The van der Waals surface area contributed by atoms with Crippen LogP contribution in [0.1, 0.15) is 39.7 Å². The summed E-state index contributed by atoms with van der Waals surface area (Å²) in [5, 5.41) is 2.70. The first kappa shape index (κ1) is 24.5. The van der Waals surface area contributed by atoms with E-state index in [0.29, 0.717) is 11.2 Å². The summed E-state index contributed by atoms with van der Waals surface area (Å²) in [7, 11) is 0. The third-order valence-electron chi connectivity index (χ3n) is 4.23. The molecule has 1 aromatic carbocycles. The molecule has 6 nitrogen and oxygen atoms in total. The number of thiazole rings is 1. The fourth-order valence-corrected chi connectivity index (χ4v) is 3.56. The lowest BCUT2D eigenvalue weighted by molar-refractivity contribution is -0.122. The molecular formula is C22H26F2N2O4S. The van der Waals surface area contributed by atoms with Crippen molar-refractivity contribution < 1.29 is 23.1 Å². The zero-order valence-corrected chi connectivity index (χ0v) is 18.7. The first-order valence-electron chi connectivity index (χ1n) is 9.81. The molecule has 0 spiro atoms. The number of carbonyl (C=O) groups excluding carboxylic acids is 2. The molecule has 0 saturated carbocycles. The first-order valence-corrected chi connectivity index (χ1v) is 10.6. The fourth-order valence-electron chi connectivity index (χ4n) is 2.53. The van der Waals surface area contributed by atoms with Crippen LogP contribution in [0.3, 0.4) is 0 Å². The van der Waals surface area contributed by atoms with Crippen LogP contribution >= 0.6 is 11.3 Å². The molecule has 2 aromatic rings. The molecule has 0 saturated heterocycles. The van der Waals surface area contributed by atoms with Gasteiger partial charge in [-0.2, -0.15) is 8.78 Å². The monoisotopic (exact) mass is 452 g/mol. The number of carbonyl (C=O) groups is 2. The quantitative estimate of drug-likeness (QED) is 0.667. The number of aromatic nitrogens is 1. The average molecular weight is 453 g/mol. The number of Topliss-reactive ketones (excluding diaryl/α,β-unsaturated/α-hetero) is 1. The van der Waals surface area contributed by atoms with E-state index >= 15 is 0 Å². The van der Waals surface area contributed by atoms with Crippen molar-refractivity contribution in [2.45, 2.75) is 47.3 Å². The summed E-state index contributed by atoms with van der Waals surface area (Å²) < 4.78 is 31.7. The Morgan fingerprint density at radius 3 is 2.55 bits per heavy atom. The summed E-state index contributed by atoms with van der Waals surface area (Å²) in [4.78, 5) is 37.8. The van der Waals surface area contributed by atoms with E-state index in [1.54, 1.807) is 39.0 Å². The summed E-state index contributed by atoms with van der Waals surface area (Å²) in [6.45, 7) is 4.37. The molecule has 0 radical (unpaired) electrons. The van der Waals surface area contributed by atoms with Gasteiger partial charge in [-0.1, -0.05) is 45.9 Å². The maximum Gasteiger partial charge on any atom is 0.387 e. The molecule has 0 bridgehead atoms. The average Bonchev–Trinajstić information content (AvgIpc) is 2.95. The van der Waals surface area contributed by atoms with Crippen LogP contribution in [0.25, 0.3) is 12.2 Å². The van der Waals surface area contributed by atoms with Crippen LogP contribution in [0.4, 0.5) is 8.78 Å². The van der Waals surface area contributed by atoms with Gasteiger partial charge in [0.25, 0.3) is 5.56 Å². The molecule has 1 N–H and O–H groups in total. The second kappa shape index (κ2) is 10.5. The Morgan fingerprint density at radius 2 is 1.94 bits per heavy atom. The first-order chi connectivity index (χ1) is 14.5. The zero-order chi connectivity index (χ0) is 23.2. The topological polar surface area (TPSA) is 77.4 Å². The molecule has 0 unspecified atom stereocenters. The van der Waals surface area contributed by atoms with Crippen LogP contribution in [0.15, 0.2) is 29.1 Å². The molecule has 0 aliphatic heterocycles. The van der Waals surface area contributed by atoms with Crippen LogP contribution in [0, 0.1) is 5.41 Å². The molecule has 1 amide bonds. The maximum absolute atomic E-state index is 13.0. The van der Waals surface area contributed by atoms with E-state index < -0.39 is 17.6 Å². The van der Waals surface area contributed by atoms with Crippen molar-refractivity contribution in [3.05, 3.63) is 49.4 Å². The van der Waals surface area contributed by atoms with E-state index in [9.17, 15) is 23.2 Å². The summed E-state index contributed by atoms with van der Waals surface area (Å²) in [6, 6.07) is 6.09. The highest BCUT2D eigenvalue weighted by Crippen LogP contribution is 2.20. The van der Waals surface area contributed by atoms with Gasteiger partial charge in [0, 0.05) is 23.6 Å². The third-order valence-corrected chi connectivity index (χ3v) is 5.29. The minimum atomic E-state index is -3.01. The van der Waals surface area contributed by atoms with E-state index in [2.05, 4.69) is 10.1 Å². The Bertz CT molecular complexity index is 1110. The summed E-state index contributed by atoms with van der Waals surface area (Å²) in [5.41, 5.74) is -0.870. The number of benzene rings is 1. The van der Waals surface area contributed by atoms with Gasteiger partial charge in [0.2, 0.25) is 5.91 Å². The number of amides is 1. The minimum Gasteiger partial charge on any atom is -0.434 e. The highest BCUT2D eigenvalue weighted by Gasteiger charge is 2.20. The molecule has 9 heteroatoms. The second-order valence-corrected chi connectivity index (χ2v) is 8.93. The van der Waals surface area contributed by atoms with E-state index in [0.717, 1.165) is 17.8 Å². The van der Waals surface area contributed by atoms with Gasteiger partial charge in [0.1, 0.15) is 17.0 Å². The molecule has 0 atom stereocenters. The van der Waals surface area contributed by atoms with Crippen molar-refractivity contribution in [3.63, 3.8) is 0 Å². The van der Waals surface area contributed by atoms with E-state index in [-0.39, 0.29) is 34.1 Å². The lowest BCUT2D eigenvalue weighted by Gasteiger charge is -2.12. The summed E-state index contributed by atoms with van der Waals surface area (Å²) >= 11 is 1.01. The van der Waals surface area contributed by atoms with E-state index in [4.69, 9.17) is 0 Å². The number of nitrogens with zero attached hydrogens (tertiary/aromatic N) is 1. The zero-order valence-electron chi connectivity index (χ0n) is 17.9. The summed E-state index contributed by atoms with van der Waals surface area (Å²) in [5.74, 6) is -0.633. The predicted molar refractivity (Wildman–Crippen MR) is 117 cm³/mol. The Balaban J connectivity index is 2.63. The third kappa shape index (κ3) is 6.85. The van der Waals surface area contributed by atoms with Gasteiger partial charge < -0.3 is 10.1 Å². The molecule has 0 fully saturated rings. The van der Waals surface area contributed by atoms with Crippen LogP contribution in [0.2, 0.25) is 0 Å². The van der Waals surface area contributed by atoms with Crippen molar-refractivity contribution in [3.8, 4) is 5.75 Å². The Labute approximate surface area is 182 Å². The SMILES string of the molecule is CCCNC(=O)Cn1c(=O)/c(=C\c2ccccc2OC(F)F)s/c1=C/C(=O)C(C)(C)C. The van der Waals surface area contributed by atoms with E-state index in [1.165, 1.54) is 22.8 Å². The predicted octanol–water partition coefficient (Wildman–Crippen LogP) is 2.26. The number of ketones is 1. The Morgan fingerprint density at radius 1 is 1.26 bits per heavy atom. The number of halogens is 2. The van der Waals surface area contributed by atoms with Crippen molar-refractivity contribution >= 4 is 35.2 Å². The number of para-hydroxylation sites is 1. The van der Waals surface area contributed by atoms with Gasteiger partial charge in [-0.05, 0) is 18.6 Å². The van der Waals surface area contributed by atoms with Crippen LogP contribution < -0.4 is 24.8 Å². The van der Waals surface area contributed by atoms with Gasteiger partial charge in [0.15, 0.2) is 5.78 Å². The van der Waals surface area contributed by atoms with Gasteiger partial charge in [-0.15, -0.1) is 11.3 Å². The van der Waals surface area contributed by atoms with Crippen LogP contribution in [-0.2, 0) is 16.1 Å². The van der Waals surface area contributed by atoms with Crippen molar-refractivity contribution in [1.29, 1.82) is 0 Å². The van der Waals surface area contributed by atoms with Crippen LogP contribution in [0.5, 0.6) is 5.75 Å². The largest absolute Gasteiger partial charge is 0.434 e. The van der Waals surface area contributed by atoms with Gasteiger partial charge in [-0.25, -0.2) is 0 Å². The maximum atomic E-state index is 13.0. The summed E-state index contributed by atoms with van der Waals surface area (Å²) in [6.07, 6.45) is 3.51. The van der Waals surface area contributed by atoms with Crippen molar-refractivity contribution in [1.82, 2.24) is 9.88 Å². The minimum absolute atomic E-state index is 0.0752. The highest BCUT2D eigenvalue weighted by molar-refractivity contribution is 7.07. The smallest absolute Gasteiger partial charge is 0.387 e. The number of nitrogens with one attached hydrogen (secondary N) is 1. The lowest BCUT2D eigenvalue weighted by atomic mass is 9.91. The normalized spacial score (nSPS) is 13.0. The molecule has 168 valence electrons. The number of alkyl halides is 2. The van der Waals surface area contributed by atoms with Crippen molar-refractivity contribution in [2.75, 3.05) is 6.54 Å². The molecule has 31 heavy (non-hydrogen) atoms. The number of ether oxygens (including phenoxy) is 1. The highest BCUT2D eigenvalue weighted by atomic mass is 32.1. The van der Waals surface area contributed by atoms with Gasteiger partial charge in [0.05, 0.1) is 4.53 Å². The Kier molecular flexibility index (Phi) is 8.27. The van der Waals surface area contributed by atoms with Crippen molar-refractivity contribution in [2.24, 2.45) is 5.41 Å².